The zero-order valence-corrected chi connectivity index (χ0v) is 12.4. The standard InChI is InChI=1S/C14H14F4N2O4/c1-24-11-4-7(2-3-10(11)15)19-13(23)20-5-8(12(21)22)9(6-20)14(16,17)18/h2-4,8-9H,5-6H2,1H3,(H,19,23)(H,21,22)/t8-,9-/m1/s1. The van der Waals surface area contributed by atoms with Gasteiger partial charge in [0.05, 0.1) is 18.9 Å². The lowest BCUT2D eigenvalue weighted by Crippen LogP contribution is -2.35. The van der Waals surface area contributed by atoms with Crippen LogP contribution in [0.3, 0.4) is 0 Å². The molecule has 2 N–H and O–H groups in total. The highest BCUT2D eigenvalue weighted by Gasteiger charge is 2.53. The van der Waals surface area contributed by atoms with Gasteiger partial charge in [0.2, 0.25) is 0 Å². The maximum Gasteiger partial charge on any atom is 0.394 e. The molecular weight excluding hydrogens is 336 g/mol. The van der Waals surface area contributed by atoms with Crippen LogP contribution in [0.4, 0.5) is 28.0 Å². The second kappa shape index (κ2) is 6.54. The molecule has 2 atom stereocenters. The molecule has 132 valence electrons. The number of halogens is 4. The smallest absolute Gasteiger partial charge is 0.394 e. The highest BCUT2D eigenvalue weighted by atomic mass is 19.4. The lowest BCUT2D eigenvalue weighted by atomic mass is 9.96. The summed E-state index contributed by atoms with van der Waals surface area (Å²) in [5.41, 5.74) is 0.112. The molecule has 0 aliphatic carbocycles. The number of aliphatic carboxylic acids is 1. The van der Waals surface area contributed by atoms with Gasteiger partial charge in [-0.2, -0.15) is 13.2 Å². The van der Waals surface area contributed by atoms with E-state index in [0.29, 0.717) is 0 Å². The van der Waals surface area contributed by atoms with Gasteiger partial charge < -0.3 is 20.1 Å². The molecule has 1 aromatic rings. The monoisotopic (exact) mass is 350 g/mol. The average molecular weight is 350 g/mol. The van der Waals surface area contributed by atoms with Crippen molar-refractivity contribution in [1.82, 2.24) is 4.90 Å². The number of benzene rings is 1. The summed E-state index contributed by atoms with van der Waals surface area (Å²) in [5.74, 6) is -6.29. The second-order valence-electron chi connectivity index (χ2n) is 5.28. The fourth-order valence-corrected chi connectivity index (χ4v) is 2.49. The Bertz CT molecular complexity index is 650. The molecule has 1 fully saturated rings. The molecule has 24 heavy (non-hydrogen) atoms. The SMILES string of the molecule is COc1cc(NC(=O)N2C[C@@H](C(F)(F)F)[C@H](C(=O)O)C2)ccc1F. The Labute approximate surface area is 134 Å². The molecule has 0 radical (unpaired) electrons. The Hall–Kier alpha value is -2.52. The topological polar surface area (TPSA) is 78.9 Å². The summed E-state index contributed by atoms with van der Waals surface area (Å²) in [6, 6.07) is 2.50. The molecule has 1 aliphatic rings. The van der Waals surface area contributed by atoms with E-state index in [-0.39, 0.29) is 11.4 Å². The molecule has 0 spiro atoms. The van der Waals surface area contributed by atoms with E-state index in [0.717, 1.165) is 11.0 Å². The van der Waals surface area contributed by atoms with Crippen LogP contribution in [-0.4, -0.2) is 48.4 Å². The summed E-state index contributed by atoms with van der Waals surface area (Å²) in [6.07, 6.45) is -4.73. The predicted octanol–water partition coefficient (Wildman–Crippen LogP) is 2.56. The van der Waals surface area contributed by atoms with Crippen molar-refractivity contribution in [1.29, 1.82) is 0 Å². The van der Waals surface area contributed by atoms with E-state index < -0.39 is 48.9 Å². The third-order valence-electron chi connectivity index (χ3n) is 3.75. The van der Waals surface area contributed by atoms with Gasteiger partial charge >= 0.3 is 18.2 Å². The van der Waals surface area contributed by atoms with Gasteiger partial charge in [0.1, 0.15) is 0 Å². The van der Waals surface area contributed by atoms with Crippen LogP contribution < -0.4 is 10.1 Å². The Balaban J connectivity index is 2.12. The summed E-state index contributed by atoms with van der Waals surface area (Å²) < 4.78 is 56.7. The molecule has 1 aliphatic heterocycles. The maximum absolute atomic E-state index is 13.3. The average Bonchev–Trinajstić information content (AvgIpc) is 2.95. The number of hydrogen-bond acceptors (Lipinski definition) is 3. The molecule has 6 nitrogen and oxygen atoms in total. The number of urea groups is 1. The minimum absolute atomic E-state index is 0.112. The number of nitrogens with zero attached hydrogens (tertiary/aromatic N) is 1. The highest BCUT2D eigenvalue weighted by molar-refractivity contribution is 5.90. The van der Waals surface area contributed by atoms with Crippen molar-refractivity contribution < 1.29 is 37.0 Å². The maximum atomic E-state index is 13.3. The first-order valence-corrected chi connectivity index (χ1v) is 6.82. The number of likely N-dealkylation sites (tertiary alicyclic amines) is 1. The number of carboxylic acid groups (broad SMARTS) is 1. The fourth-order valence-electron chi connectivity index (χ4n) is 2.49. The predicted molar refractivity (Wildman–Crippen MR) is 74.2 cm³/mol. The van der Waals surface area contributed by atoms with E-state index >= 15 is 0 Å². The largest absolute Gasteiger partial charge is 0.494 e. The Morgan fingerprint density at radius 2 is 2.00 bits per heavy atom. The van der Waals surface area contributed by atoms with Crippen LogP contribution in [0, 0.1) is 17.7 Å². The van der Waals surface area contributed by atoms with Crippen molar-refractivity contribution in [3.8, 4) is 5.75 Å². The van der Waals surface area contributed by atoms with E-state index in [1.54, 1.807) is 0 Å². The number of amides is 2. The number of carboxylic acids is 1. The van der Waals surface area contributed by atoms with Gasteiger partial charge in [0.15, 0.2) is 11.6 Å². The van der Waals surface area contributed by atoms with Gasteiger partial charge in [0.25, 0.3) is 0 Å². The quantitative estimate of drug-likeness (QED) is 0.822. The molecule has 1 saturated heterocycles. The van der Waals surface area contributed by atoms with Crippen LogP contribution in [0.25, 0.3) is 0 Å². The minimum atomic E-state index is -4.73. The number of nitrogens with one attached hydrogen (secondary N) is 1. The molecule has 0 saturated carbocycles. The van der Waals surface area contributed by atoms with Gasteiger partial charge in [-0.15, -0.1) is 0 Å². The van der Waals surface area contributed by atoms with Gasteiger partial charge in [-0.05, 0) is 12.1 Å². The van der Waals surface area contributed by atoms with Crippen LogP contribution in [0.5, 0.6) is 5.75 Å². The number of ether oxygens (including phenoxy) is 1. The number of alkyl halides is 3. The zero-order chi connectivity index (χ0) is 18.1. The van der Waals surface area contributed by atoms with E-state index in [1.807, 2.05) is 0 Å². The van der Waals surface area contributed by atoms with Crippen molar-refractivity contribution in [3.05, 3.63) is 24.0 Å². The third-order valence-corrected chi connectivity index (χ3v) is 3.75. The molecule has 2 rings (SSSR count). The first kappa shape index (κ1) is 17.8. The first-order chi connectivity index (χ1) is 11.1. The number of anilines is 1. The number of carbonyl (C=O) groups is 2. The molecular formula is C14H14F4N2O4. The third kappa shape index (κ3) is 3.69. The minimum Gasteiger partial charge on any atom is -0.494 e. The number of methoxy groups -OCH3 is 1. The molecule has 0 aromatic heterocycles. The molecule has 10 heteroatoms. The van der Waals surface area contributed by atoms with E-state index in [9.17, 15) is 27.2 Å². The summed E-state index contributed by atoms with van der Waals surface area (Å²) in [7, 11) is 1.22. The summed E-state index contributed by atoms with van der Waals surface area (Å²) >= 11 is 0. The number of hydrogen-bond donors (Lipinski definition) is 2. The van der Waals surface area contributed by atoms with Crippen LogP contribution in [0.1, 0.15) is 0 Å². The van der Waals surface area contributed by atoms with E-state index in [1.165, 1.54) is 19.2 Å². The number of carbonyl (C=O) groups excluding carboxylic acids is 1. The van der Waals surface area contributed by atoms with Crippen LogP contribution >= 0.6 is 0 Å². The lowest BCUT2D eigenvalue weighted by Gasteiger charge is -2.19. The van der Waals surface area contributed by atoms with Crippen LogP contribution in [0.2, 0.25) is 0 Å². The van der Waals surface area contributed by atoms with Crippen molar-refractivity contribution >= 4 is 17.7 Å². The van der Waals surface area contributed by atoms with Gasteiger partial charge in [-0.3, -0.25) is 4.79 Å². The van der Waals surface area contributed by atoms with Gasteiger partial charge in [0, 0.05) is 24.8 Å². The normalized spacial score (nSPS) is 20.8. The van der Waals surface area contributed by atoms with Gasteiger partial charge in [-0.1, -0.05) is 0 Å². The van der Waals surface area contributed by atoms with Gasteiger partial charge in [-0.25, -0.2) is 9.18 Å². The van der Waals surface area contributed by atoms with Crippen molar-refractivity contribution in [2.75, 3.05) is 25.5 Å². The van der Waals surface area contributed by atoms with Crippen molar-refractivity contribution in [2.24, 2.45) is 11.8 Å². The lowest BCUT2D eigenvalue weighted by molar-refractivity contribution is -0.187. The molecule has 2 amide bonds. The first-order valence-electron chi connectivity index (χ1n) is 6.82. The van der Waals surface area contributed by atoms with E-state index in [2.05, 4.69) is 5.32 Å². The number of rotatable bonds is 3. The Morgan fingerprint density at radius 3 is 2.50 bits per heavy atom. The highest BCUT2D eigenvalue weighted by Crippen LogP contribution is 2.38. The Morgan fingerprint density at radius 1 is 1.33 bits per heavy atom. The van der Waals surface area contributed by atoms with Crippen molar-refractivity contribution in [3.63, 3.8) is 0 Å². The summed E-state index contributed by atoms with van der Waals surface area (Å²) in [5, 5.41) is 11.2. The Kier molecular flexibility index (Phi) is 4.86. The summed E-state index contributed by atoms with van der Waals surface area (Å²) in [4.78, 5) is 23.8. The van der Waals surface area contributed by atoms with Crippen LogP contribution in [0.15, 0.2) is 18.2 Å². The fraction of sp³-hybridized carbons (Fsp3) is 0.429. The second-order valence-corrected chi connectivity index (χ2v) is 5.28. The molecule has 0 bridgehead atoms. The molecule has 0 unspecified atom stereocenters. The summed E-state index contributed by atoms with van der Waals surface area (Å²) in [6.45, 7) is -1.33. The van der Waals surface area contributed by atoms with Crippen LogP contribution in [-0.2, 0) is 4.79 Å². The van der Waals surface area contributed by atoms with E-state index in [4.69, 9.17) is 9.84 Å². The molecule has 1 aromatic carbocycles. The molecule has 1 heterocycles. The van der Waals surface area contributed by atoms with Crippen molar-refractivity contribution in [2.45, 2.75) is 6.18 Å². The zero-order valence-electron chi connectivity index (χ0n) is 12.4.